The van der Waals surface area contributed by atoms with Gasteiger partial charge in [0.2, 0.25) is 0 Å². The number of hydrogen-bond donors (Lipinski definition) is 2. The first-order valence-electron chi connectivity index (χ1n) is 4.94. The van der Waals surface area contributed by atoms with E-state index in [9.17, 15) is 0 Å². The molecule has 2 aromatic rings. The molecule has 3 N–H and O–H groups in total. The van der Waals surface area contributed by atoms with Crippen LogP contribution >= 0.6 is 50.7 Å². The van der Waals surface area contributed by atoms with Crippen molar-refractivity contribution in [1.82, 2.24) is 0 Å². The van der Waals surface area contributed by atoms with Crippen molar-refractivity contribution in [3.8, 4) is 0 Å². The third-order valence-corrected chi connectivity index (χ3v) is 3.82. The highest BCUT2D eigenvalue weighted by molar-refractivity contribution is 9.10. The normalized spacial score (nSPS) is 10.4. The molecule has 2 aromatic carbocycles. The summed E-state index contributed by atoms with van der Waals surface area (Å²) in [5.41, 5.74) is 7.90. The number of nitrogens with one attached hydrogen (secondary N) is 1. The largest absolute Gasteiger partial charge is 0.397 e. The van der Waals surface area contributed by atoms with E-state index in [2.05, 4.69) is 21.2 Å². The minimum atomic E-state index is 0.413. The fourth-order valence-corrected chi connectivity index (χ4v) is 2.38. The van der Waals surface area contributed by atoms with Gasteiger partial charge in [-0.25, -0.2) is 0 Å². The van der Waals surface area contributed by atoms with E-state index in [4.69, 9.17) is 40.5 Å². The summed E-state index contributed by atoms with van der Waals surface area (Å²) in [6.45, 7) is 0. The lowest BCUT2D eigenvalue weighted by Crippen LogP contribution is -1.97. The van der Waals surface area contributed by atoms with Crippen LogP contribution in [0, 0.1) is 0 Å². The van der Waals surface area contributed by atoms with Crippen molar-refractivity contribution in [3.63, 3.8) is 0 Å². The monoisotopic (exact) mass is 364 g/mol. The van der Waals surface area contributed by atoms with Gasteiger partial charge in [0.25, 0.3) is 0 Å². The SMILES string of the molecule is Nc1cc(Br)ccc1Nc1cc(Cl)c(Cl)cc1Cl. The van der Waals surface area contributed by atoms with Gasteiger partial charge in [-0.05, 0) is 30.3 Å². The Morgan fingerprint density at radius 3 is 2.22 bits per heavy atom. The van der Waals surface area contributed by atoms with Gasteiger partial charge >= 0.3 is 0 Å². The second-order valence-electron chi connectivity index (χ2n) is 3.60. The van der Waals surface area contributed by atoms with E-state index in [-0.39, 0.29) is 0 Å². The van der Waals surface area contributed by atoms with Crippen LogP contribution in [0.15, 0.2) is 34.8 Å². The zero-order valence-corrected chi connectivity index (χ0v) is 12.8. The molecular weight excluding hydrogens is 358 g/mol. The summed E-state index contributed by atoms with van der Waals surface area (Å²) in [7, 11) is 0. The van der Waals surface area contributed by atoms with Crippen molar-refractivity contribution in [1.29, 1.82) is 0 Å². The van der Waals surface area contributed by atoms with Gasteiger partial charge < -0.3 is 11.1 Å². The smallest absolute Gasteiger partial charge is 0.0656 e. The van der Waals surface area contributed by atoms with E-state index in [0.29, 0.717) is 26.4 Å². The summed E-state index contributed by atoms with van der Waals surface area (Å²) in [5.74, 6) is 0. The van der Waals surface area contributed by atoms with Gasteiger partial charge in [0.1, 0.15) is 0 Å². The van der Waals surface area contributed by atoms with Crippen LogP contribution in [0.5, 0.6) is 0 Å². The number of halogens is 4. The maximum Gasteiger partial charge on any atom is 0.0656 e. The summed E-state index contributed by atoms with van der Waals surface area (Å²) in [5, 5.41) is 4.44. The van der Waals surface area contributed by atoms with Gasteiger partial charge in [-0.3, -0.25) is 0 Å². The van der Waals surface area contributed by atoms with Crippen LogP contribution in [0.2, 0.25) is 15.1 Å². The number of benzene rings is 2. The Morgan fingerprint density at radius 2 is 1.56 bits per heavy atom. The van der Waals surface area contributed by atoms with Crippen molar-refractivity contribution in [2.24, 2.45) is 0 Å². The number of hydrogen-bond acceptors (Lipinski definition) is 2. The number of rotatable bonds is 2. The molecule has 0 spiro atoms. The molecule has 0 saturated carbocycles. The minimum Gasteiger partial charge on any atom is -0.397 e. The maximum atomic E-state index is 6.08. The highest BCUT2D eigenvalue weighted by Crippen LogP contribution is 2.35. The molecule has 0 saturated heterocycles. The lowest BCUT2D eigenvalue weighted by Gasteiger charge is -2.12. The van der Waals surface area contributed by atoms with Crippen LogP contribution in [0.1, 0.15) is 0 Å². The molecule has 0 unspecified atom stereocenters. The molecule has 18 heavy (non-hydrogen) atoms. The van der Waals surface area contributed by atoms with Crippen molar-refractivity contribution < 1.29 is 0 Å². The first kappa shape index (κ1) is 13.8. The quantitative estimate of drug-likeness (QED) is 0.526. The van der Waals surface area contributed by atoms with Crippen LogP contribution in [0.3, 0.4) is 0 Å². The molecule has 0 heterocycles. The average Bonchev–Trinajstić information content (AvgIpc) is 2.29. The number of anilines is 3. The Bertz CT molecular complexity index is 602. The highest BCUT2D eigenvalue weighted by Gasteiger charge is 2.07. The van der Waals surface area contributed by atoms with E-state index in [0.717, 1.165) is 10.2 Å². The molecule has 0 atom stereocenters. The summed E-state index contributed by atoms with van der Waals surface area (Å²) in [4.78, 5) is 0. The van der Waals surface area contributed by atoms with Crippen LogP contribution < -0.4 is 11.1 Å². The predicted octanol–water partition coefficient (Wildman–Crippen LogP) is 5.74. The first-order valence-corrected chi connectivity index (χ1v) is 6.86. The van der Waals surface area contributed by atoms with Gasteiger partial charge in [-0.1, -0.05) is 50.7 Å². The molecule has 0 fully saturated rings. The van der Waals surface area contributed by atoms with E-state index in [1.54, 1.807) is 18.2 Å². The molecule has 94 valence electrons. The summed E-state index contributed by atoms with van der Waals surface area (Å²) >= 11 is 21.2. The molecular formula is C12H8BrCl3N2. The van der Waals surface area contributed by atoms with Crippen molar-refractivity contribution in [3.05, 3.63) is 49.9 Å². The summed E-state index contributed by atoms with van der Waals surface area (Å²) in [6.07, 6.45) is 0. The van der Waals surface area contributed by atoms with Gasteiger partial charge in [-0.2, -0.15) is 0 Å². The topological polar surface area (TPSA) is 38.0 Å². The van der Waals surface area contributed by atoms with Crippen molar-refractivity contribution in [2.75, 3.05) is 11.1 Å². The fourth-order valence-electron chi connectivity index (χ4n) is 1.41. The van der Waals surface area contributed by atoms with Crippen molar-refractivity contribution >= 4 is 67.8 Å². The van der Waals surface area contributed by atoms with Crippen molar-refractivity contribution in [2.45, 2.75) is 0 Å². The van der Waals surface area contributed by atoms with E-state index >= 15 is 0 Å². The first-order chi connectivity index (χ1) is 8.47. The molecule has 0 aliphatic rings. The molecule has 0 bridgehead atoms. The second-order valence-corrected chi connectivity index (χ2v) is 5.74. The summed E-state index contributed by atoms with van der Waals surface area (Å²) < 4.78 is 0.908. The molecule has 0 amide bonds. The Hall–Kier alpha value is -0.610. The molecule has 0 aliphatic carbocycles. The Morgan fingerprint density at radius 1 is 0.889 bits per heavy atom. The molecule has 2 nitrogen and oxygen atoms in total. The minimum absolute atomic E-state index is 0.413. The van der Waals surface area contributed by atoms with E-state index in [1.165, 1.54) is 0 Å². The zero-order chi connectivity index (χ0) is 13.3. The standard InChI is InChI=1S/C12H8BrCl3N2/c13-6-1-2-11(10(17)3-6)18-12-5-8(15)7(14)4-9(12)16/h1-5,18H,17H2. The fraction of sp³-hybridized carbons (Fsp3) is 0. The highest BCUT2D eigenvalue weighted by atomic mass is 79.9. The third-order valence-electron chi connectivity index (χ3n) is 2.29. The Labute approximate surface area is 128 Å². The van der Waals surface area contributed by atoms with Crippen LogP contribution in [0.4, 0.5) is 17.1 Å². The number of nitrogen functional groups attached to an aromatic ring is 1. The predicted molar refractivity (Wildman–Crippen MR) is 83.3 cm³/mol. The van der Waals surface area contributed by atoms with E-state index < -0.39 is 0 Å². The summed E-state index contributed by atoms with van der Waals surface area (Å²) in [6, 6.07) is 8.77. The van der Waals surface area contributed by atoms with E-state index in [1.807, 2.05) is 12.1 Å². The molecule has 6 heteroatoms. The zero-order valence-electron chi connectivity index (χ0n) is 8.98. The Kier molecular flexibility index (Phi) is 4.28. The van der Waals surface area contributed by atoms with Crippen LogP contribution in [-0.4, -0.2) is 0 Å². The average molecular weight is 366 g/mol. The second kappa shape index (κ2) is 5.57. The van der Waals surface area contributed by atoms with Gasteiger partial charge in [0.05, 0.1) is 32.1 Å². The maximum absolute atomic E-state index is 6.08. The van der Waals surface area contributed by atoms with Gasteiger partial charge in [-0.15, -0.1) is 0 Å². The lowest BCUT2D eigenvalue weighted by molar-refractivity contribution is 1.53. The molecule has 0 aromatic heterocycles. The Balaban J connectivity index is 2.37. The lowest BCUT2D eigenvalue weighted by atomic mass is 10.2. The van der Waals surface area contributed by atoms with Gasteiger partial charge in [0.15, 0.2) is 0 Å². The van der Waals surface area contributed by atoms with Crippen LogP contribution in [0.25, 0.3) is 0 Å². The van der Waals surface area contributed by atoms with Gasteiger partial charge in [0, 0.05) is 4.47 Å². The molecule has 2 rings (SSSR count). The third kappa shape index (κ3) is 3.04. The van der Waals surface area contributed by atoms with Crippen LogP contribution in [-0.2, 0) is 0 Å². The molecule has 0 radical (unpaired) electrons. The number of nitrogens with two attached hydrogens (primary N) is 1. The molecule has 0 aliphatic heterocycles.